The topological polar surface area (TPSA) is 49.3 Å². The van der Waals surface area contributed by atoms with Gasteiger partial charge in [-0.15, -0.1) is 0 Å². The van der Waals surface area contributed by atoms with Gasteiger partial charge < -0.3 is 10.4 Å². The quantitative estimate of drug-likeness (QED) is 0.872. The minimum absolute atomic E-state index is 0.176. The van der Waals surface area contributed by atoms with Crippen molar-refractivity contribution in [1.82, 2.24) is 5.32 Å². The van der Waals surface area contributed by atoms with Gasteiger partial charge in [-0.3, -0.25) is 4.79 Å². The normalized spacial score (nSPS) is 12.2. The van der Waals surface area contributed by atoms with Crippen molar-refractivity contribution in [3.8, 4) is 0 Å². The molecule has 0 fully saturated rings. The van der Waals surface area contributed by atoms with Crippen LogP contribution in [0.15, 0.2) is 18.2 Å². The van der Waals surface area contributed by atoms with Crippen LogP contribution in [0.5, 0.6) is 0 Å². The number of carbonyl (C=O) groups is 1. The Morgan fingerprint density at radius 1 is 1.50 bits per heavy atom. The number of hydrogen-bond acceptors (Lipinski definition) is 2. The number of carbonyl (C=O) groups excluding carboxylic acids is 1. The summed E-state index contributed by atoms with van der Waals surface area (Å²) in [5.74, 6) is -0.176. The van der Waals surface area contributed by atoms with Gasteiger partial charge in [-0.2, -0.15) is 0 Å². The lowest BCUT2D eigenvalue weighted by Gasteiger charge is -2.08. The lowest BCUT2D eigenvalue weighted by Crippen LogP contribution is -2.31. The number of hydrogen-bond donors (Lipinski definition) is 2. The fraction of sp³-hybridized carbons (Fsp3) is 0.364. The van der Waals surface area contributed by atoms with Gasteiger partial charge in [0.2, 0.25) is 5.91 Å². The molecule has 16 heavy (non-hydrogen) atoms. The summed E-state index contributed by atoms with van der Waals surface area (Å²) < 4.78 is 0. The first kappa shape index (κ1) is 13.3. The van der Waals surface area contributed by atoms with Gasteiger partial charge in [0.1, 0.15) is 0 Å². The lowest BCUT2D eigenvalue weighted by molar-refractivity contribution is -0.120. The predicted molar refractivity (Wildman–Crippen MR) is 64.9 cm³/mol. The van der Waals surface area contributed by atoms with Crippen LogP contribution in [0.2, 0.25) is 10.0 Å². The summed E-state index contributed by atoms with van der Waals surface area (Å²) in [5, 5.41) is 12.6. The molecule has 0 aliphatic heterocycles. The van der Waals surface area contributed by atoms with Gasteiger partial charge in [0.25, 0.3) is 0 Å². The minimum Gasteiger partial charge on any atom is -0.392 e. The first-order valence-electron chi connectivity index (χ1n) is 4.87. The maximum Gasteiger partial charge on any atom is 0.224 e. The molecule has 0 spiro atoms. The minimum atomic E-state index is -0.551. The van der Waals surface area contributed by atoms with Crippen molar-refractivity contribution in [1.29, 1.82) is 0 Å². The van der Waals surface area contributed by atoms with E-state index in [2.05, 4.69) is 5.32 Å². The number of aliphatic hydroxyl groups is 1. The van der Waals surface area contributed by atoms with E-state index in [-0.39, 0.29) is 18.9 Å². The number of rotatable bonds is 4. The highest BCUT2D eigenvalue weighted by Crippen LogP contribution is 2.21. The van der Waals surface area contributed by atoms with E-state index in [1.165, 1.54) is 0 Å². The summed E-state index contributed by atoms with van der Waals surface area (Å²) in [5.41, 5.74) is 0.717. The van der Waals surface area contributed by atoms with Crippen LogP contribution in [0.3, 0.4) is 0 Å². The van der Waals surface area contributed by atoms with E-state index < -0.39 is 6.10 Å². The first-order valence-corrected chi connectivity index (χ1v) is 5.63. The second kappa shape index (κ2) is 6.09. The van der Waals surface area contributed by atoms with E-state index in [1.54, 1.807) is 25.1 Å². The Bertz CT molecular complexity index is 380. The first-order chi connectivity index (χ1) is 7.49. The largest absolute Gasteiger partial charge is 0.392 e. The van der Waals surface area contributed by atoms with Gasteiger partial charge in [0, 0.05) is 16.6 Å². The van der Waals surface area contributed by atoms with Crippen LogP contribution in [0.4, 0.5) is 0 Å². The summed E-state index contributed by atoms with van der Waals surface area (Å²) in [4.78, 5) is 11.4. The molecule has 2 N–H and O–H groups in total. The Balaban J connectivity index is 2.56. The summed E-state index contributed by atoms with van der Waals surface area (Å²) in [6, 6.07) is 5.00. The van der Waals surface area contributed by atoms with Crippen LogP contribution in [-0.4, -0.2) is 23.7 Å². The van der Waals surface area contributed by atoms with Crippen LogP contribution >= 0.6 is 23.2 Å². The van der Waals surface area contributed by atoms with E-state index in [9.17, 15) is 4.79 Å². The molecule has 0 saturated carbocycles. The standard InChI is InChI=1S/C11H13Cl2NO2/c1-7(15)6-14-11(16)4-8-2-3-9(12)5-10(8)13/h2-3,5,7,15H,4,6H2,1H3,(H,14,16)/t7-/m1/s1. The molecule has 1 rings (SSSR count). The highest BCUT2D eigenvalue weighted by atomic mass is 35.5. The molecule has 88 valence electrons. The molecule has 0 unspecified atom stereocenters. The molecule has 5 heteroatoms. The van der Waals surface area contributed by atoms with Gasteiger partial charge in [-0.1, -0.05) is 29.3 Å². The molecule has 0 bridgehead atoms. The van der Waals surface area contributed by atoms with Crippen LogP contribution in [0, 0.1) is 0 Å². The number of halogens is 2. The van der Waals surface area contributed by atoms with Crippen molar-refractivity contribution >= 4 is 29.1 Å². The summed E-state index contributed by atoms with van der Waals surface area (Å²) >= 11 is 11.7. The van der Waals surface area contributed by atoms with Crippen LogP contribution in [0.25, 0.3) is 0 Å². The molecule has 1 aromatic rings. The van der Waals surface area contributed by atoms with E-state index in [1.807, 2.05) is 0 Å². The third kappa shape index (κ3) is 4.39. The summed E-state index contributed by atoms with van der Waals surface area (Å²) in [6.07, 6.45) is -0.368. The number of nitrogens with one attached hydrogen (secondary N) is 1. The monoisotopic (exact) mass is 261 g/mol. The maximum absolute atomic E-state index is 11.4. The SMILES string of the molecule is C[C@@H](O)CNC(=O)Cc1ccc(Cl)cc1Cl. The summed E-state index contributed by atoms with van der Waals surface area (Å²) in [6.45, 7) is 1.85. The van der Waals surface area contributed by atoms with Gasteiger partial charge in [0.15, 0.2) is 0 Å². The van der Waals surface area contributed by atoms with Crippen LogP contribution in [0.1, 0.15) is 12.5 Å². The van der Waals surface area contributed by atoms with Crippen molar-refractivity contribution < 1.29 is 9.90 Å². The average Bonchev–Trinajstić information content (AvgIpc) is 2.19. The lowest BCUT2D eigenvalue weighted by atomic mass is 10.1. The van der Waals surface area contributed by atoms with Crippen molar-refractivity contribution in [2.75, 3.05) is 6.54 Å². The molecule has 0 aromatic heterocycles. The molecule has 0 aliphatic rings. The van der Waals surface area contributed by atoms with E-state index in [0.29, 0.717) is 15.6 Å². The van der Waals surface area contributed by atoms with Crippen molar-refractivity contribution in [3.63, 3.8) is 0 Å². The molecule has 1 atom stereocenters. The van der Waals surface area contributed by atoms with E-state index in [4.69, 9.17) is 28.3 Å². The third-order valence-corrected chi connectivity index (χ3v) is 2.55. The molecular weight excluding hydrogens is 249 g/mol. The average molecular weight is 262 g/mol. The zero-order chi connectivity index (χ0) is 12.1. The van der Waals surface area contributed by atoms with Crippen molar-refractivity contribution in [3.05, 3.63) is 33.8 Å². The fourth-order valence-electron chi connectivity index (χ4n) is 1.16. The molecule has 0 radical (unpaired) electrons. The van der Waals surface area contributed by atoms with Gasteiger partial charge in [0.05, 0.1) is 12.5 Å². The number of amides is 1. The van der Waals surface area contributed by atoms with Crippen molar-refractivity contribution in [2.45, 2.75) is 19.4 Å². The highest BCUT2D eigenvalue weighted by Gasteiger charge is 2.07. The molecule has 3 nitrogen and oxygen atoms in total. The Kier molecular flexibility index (Phi) is 5.06. The Morgan fingerprint density at radius 2 is 2.19 bits per heavy atom. The Hall–Kier alpha value is -0.770. The Labute approximate surface area is 104 Å². The van der Waals surface area contributed by atoms with Gasteiger partial charge in [-0.25, -0.2) is 0 Å². The van der Waals surface area contributed by atoms with Crippen LogP contribution in [-0.2, 0) is 11.2 Å². The summed E-state index contributed by atoms with van der Waals surface area (Å²) in [7, 11) is 0. The third-order valence-electron chi connectivity index (χ3n) is 1.96. The molecule has 0 aliphatic carbocycles. The molecular formula is C11H13Cl2NO2. The highest BCUT2D eigenvalue weighted by molar-refractivity contribution is 6.35. The molecule has 1 amide bonds. The molecule has 1 aromatic carbocycles. The van der Waals surface area contributed by atoms with Gasteiger partial charge in [-0.05, 0) is 24.6 Å². The molecule has 0 saturated heterocycles. The number of benzene rings is 1. The smallest absolute Gasteiger partial charge is 0.224 e. The Morgan fingerprint density at radius 3 is 2.75 bits per heavy atom. The second-order valence-corrected chi connectivity index (χ2v) is 4.41. The van der Waals surface area contributed by atoms with E-state index >= 15 is 0 Å². The second-order valence-electron chi connectivity index (χ2n) is 3.57. The predicted octanol–water partition coefficient (Wildman–Crippen LogP) is 2.03. The zero-order valence-electron chi connectivity index (χ0n) is 8.84. The fourth-order valence-corrected chi connectivity index (χ4v) is 1.64. The van der Waals surface area contributed by atoms with E-state index in [0.717, 1.165) is 0 Å². The zero-order valence-corrected chi connectivity index (χ0v) is 10.3. The van der Waals surface area contributed by atoms with Crippen molar-refractivity contribution in [2.24, 2.45) is 0 Å². The van der Waals surface area contributed by atoms with Gasteiger partial charge >= 0.3 is 0 Å². The van der Waals surface area contributed by atoms with Crippen LogP contribution < -0.4 is 5.32 Å². The number of aliphatic hydroxyl groups excluding tert-OH is 1. The maximum atomic E-state index is 11.4. The molecule has 0 heterocycles.